The van der Waals surface area contributed by atoms with Crippen LogP contribution in [-0.4, -0.2) is 30.6 Å². The number of amides is 1. The first-order valence-electron chi connectivity index (χ1n) is 6.90. The SMILES string of the molecule is CCC1(C(=O)NCC(O)c2ccccc2)CCNC1. The van der Waals surface area contributed by atoms with Crippen LogP contribution >= 0.6 is 0 Å². The molecule has 1 aromatic carbocycles. The van der Waals surface area contributed by atoms with Gasteiger partial charge in [0.05, 0.1) is 11.5 Å². The molecule has 0 aliphatic carbocycles. The van der Waals surface area contributed by atoms with Crippen LogP contribution in [0.1, 0.15) is 31.4 Å². The Bertz CT molecular complexity index is 413. The lowest BCUT2D eigenvalue weighted by atomic mass is 9.83. The van der Waals surface area contributed by atoms with Crippen molar-refractivity contribution in [3.8, 4) is 0 Å². The van der Waals surface area contributed by atoms with Gasteiger partial charge in [-0.05, 0) is 24.9 Å². The number of carbonyl (C=O) groups excluding carboxylic acids is 1. The molecular weight excluding hydrogens is 240 g/mol. The summed E-state index contributed by atoms with van der Waals surface area (Å²) in [6.45, 7) is 3.93. The first-order valence-corrected chi connectivity index (χ1v) is 6.90. The van der Waals surface area contributed by atoms with E-state index in [0.717, 1.165) is 31.5 Å². The van der Waals surface area contributed by atoms with Crippen LogP contribution in [0.5, 0.6) is 0 Å². The van der Waals surface area contributed by atoms with Crippen molar-refractivity contribution in [3.63, 3.8) is 0 Å². The zero-order valence-electron chi connectivity index (χ0n) is 11.4. The van der Waals surface area contributed by atoms with Gasteiger partial charge < -0.3 is 15.7 Å². The molecule has 1 aliphatic rings. The number of aliphatic hydroxyl groups is 1. The second-order valence-electron chi connectivity index (χ2n) is 5.20. The molecule has 2 rings (SSSR count). The van der Waals surface area contributed by atoms with Crippen LogP contribution in [0.2, 0.25) is 0 Å². The predicted molar refractivity (Wildman–Crippen MR) is 74.6 cm³/mol. The standard InChI is InChI=1S/C15H22N2O2/c1-2-15(8-9-16-11-15)14(19)17-10-13(18)12-6-4-3-5-7-12/h3-7,13,16,18H,2,8-11H2,1H3,(H,17,19). The summed E-state index contributed by atoms with van der Waals surface area (Å²) in [5.74, 6) is 0.0509. The van der Waals surface area contributed by atoms with E-state index >= 15 is 0 Å². The summed E-state index contributed by atoms with van der Waals surface area (Å²) in [6, 6.07) is 9.40. The van der Waals surface area contributed by atoms with Crippen molar-refractivity contribution in [3.05, 3.63) is 35.9 Å². The number of aliphatic hydroxyl groups excluding tert-OH is 1. The second kappa shape index (κ2) is 6.17. The van der Waals surface area contributed by atoms with Gasteiger partial charge in [-0.1, -0.05) is 37.3 Å². The highest BCUT2D eigenvalue weighted by atomic mass is 16.3. The maximum Gasteiger partial charge on any atom is 0.227 e. The smallest absolute Gasteiger partial charge is 0.227 e. The van der Waals surface area contributed by atoms with Crippen molar-refractivity contribution >= 4 is 5.91 Å². The Morgan fingerprint density at radius 1 is 1.47 bits per heavy atom. The van der Waals surface area contributed by atoms with E-state index < -0.39 is 6.10 Å². The van der Waals surface area contributed by atoms with E-state index in [9.17, 15) is 9.90 Å². The largest absolute Gasteiger partial charge is 0.387 e. The molecule has 1 fully saturated rings. The van der Waals surface area contributed by atoms with Crippen molar-refractivity contribution in [2.24, 2.45) is 5.41 Å². The minimum absolute atomic E-state index is 0.0509. The third kappa shape index (κ3) is 3.14. The quantitative estimate of drug-likeness (QED) is 0.748. The Balaban J connectivity index is 1.90. The van der Waals surface area contributed by atoms with Gasteiger partial charge in [0.15, 0.2) is 0 Å². The topological polar surface area (TPSA) is 61.4 Å². The third-order valence-corrected chi connectivity index (χ3v) is 4.04. The Morgan fingerprint density at radius 3 is 2.79 bits per heavy atom. The van der Waals surface area contributed by atoms with Crippen LogP contribution in [-0.2, 0) is 4.79 Å². The average Bonchev–Trinajstić information content (AvgIpc) is 2.95. The van der Waals surface area contributed by atoms with Crippen molar-refractivity contribution in [1.29, 1.82) is 0 Å². The van der Waals surface area contributed by atoms with Gasteiger partial charge in [-0.3, -0.25) is 4.79 Å². The molecule has 0 spiro atoms. The summed E-state index contributed by atoms with van der Waals surface area (Å²) < 4.78 is 0. The van der Waals surface area contributed by atoms with Gasteiger partial charge in [0.1, 0.15) is 0 Å². The van der Waals surface area contributed by atoms with Gasteiger partial charge >= 0.3 is 0 Å². The number of nitrogens with one attached hydrogen (secondary N) is 2. The molecule has 4 heteroatoms. The fraction of sp³-hybridized carbons (Fsp3) is 0.533. The monoisotopic (exact) mass is 262 g/mol. The molecule has 0 saturated carbocycles. The maximum atomic E-state index is 12.3. The minimum Gasteiger partial charge on any atom is -0.387 e. The van der Waals surface area contributed by atoms with Crippen LogP contribution in [0.4, 0.5) is 0 Å². The Hall–Kier alpha value is -1.39. The normalized spacial score (nSPS) is 24.1. The molecule has 4 nitrogen and oxygen atoms in total. The molecule has 0 radical (unpaired) electrons. The van der Waals surface area contributed by atoms with E-state index in [1.165, 1.54) is 0 Å². The van der Waals surface area contributed by atoms with E-state index in [0.29, 0.717) is 0 Å². The molecule has 1 aliphatic heterocycles. The highest BCUT2D eigenvalue weighted by Crippen LogP contribution is 2.29. The van der Waals surface area contributed by atoms with E-state index in [-0.39, 0.29) is 17.9 Å². The fourth-order valence-corrected chi connectivity index (χ4v) is 2.57. The second-order valence-corrected chi connectivity index (χ2v) is 5.20. The molecule has 1 saturated heterocycles. The molecule has 3 N–H and O–H groups in total. The van der Waals surface area contributed by atoms with Gasteiger partial charge in [-0.25, -0.2) is 0 Å². The lowest BCUT2D eigenvalue weighted by Crippen LogP contribution is -2.43. The number of hydrogen-bond donors (Lipinski definition) is 3. The molecule has 2 atom stereocenters. The summed E-state index contributed by atoms with van der Waals surface area (Å²) in [4.78, 5) is 12.3. The zero-order valence-corrected chi connectivity index (χ0v) is 11.4. The molecule has 1 heterocycles. The van der Waals surface area contributed by atoms with Gasteiger partial charge in [-0.15, -0.1) is 0 Å². The van der Waals surface area contributed by atoms with Gasteiger partial charge in [0.25, 0.3) is 0 Å². The van der Waals surface area contributed by atoms with Gasteiger partial charge in [-0.2, -0.15) is 0 Å². The molecule has 2 unspecified atom stereocenters. The predicted octanol–water partition coefficient (Wildman–Crippen LogP) is 1.23. The van der Waals surface area contributed by atoms with Crippen LogP contribution in [0.3, 0.4) is 0 Å². The zero-order chi connectivity index (χ0) is 13.7. The number of rotatable bonds is 5. The Morgan fingerprint density at radius 2 is 2.21 bits per heavy atom. The fourth-order valence-electron chi connectivity index (χ4n) is 2.57. The van der Waals surface area contributed by atoms with Crippen molar-refractivity contribution in [2.75, 3.05) is 19.6 Å². The molecule has 1 amide bonds. The summed E-state index contributed by atoms with van der Waals surface area (Å²) in [5.41, 5.74) is 0.536. The number of hydrogen-bond acceptors (Lipinski definition) is 3. The Labute approximate surface area is 114 Å². The molecule has 0 bridgehead atoms. The van der Waals surface area contributed by atoms with Crippen molar-refractivity contribution < 1.29 is 9.90 Å². The number of benzene rings is 1. The molecule has 19 heavy (non-hydrogen) atoms. The minimum atomic E-state index is -0.645. The van der Waals surface area contributed by atoms with Crippen LogP contribution in [0.25, 0.3) is 0 Å². The van der Waals surface area contributed by atoms with Crippen LogP contribution in [0, 0.1) is 5.41 Å². The average molecular weight is 262 g/mol. The first kappa shape index (κ1) is 14.0. The molecule has 1 aromatic rings. The highest BCUT2D eigenvalue weighted by Gasteiger charge is 2.39. The summed E-state index contributed by atoms with van der Waals surface area (Å²) >= 11 is 0. The number of carbonyl (C=O) groups is 1. The lowest BCUT2D eigenvalue weighted by Gasteiger charge is -2.26. The van der Waals surface area contributed by atoms with Crippen LogP contribution in [0.15, 0.2) is 30.3 Å². The van der Waals surface area contributed by atoms with E-state index in [1.807, 2.05) is 37.3 Å². The van der Waals surface area contributed by atoms with E-state index in [2.05, 4.69) is 10.6 Å². The summed E-state index contributed by atoms with van der Waals surface area (Å²) in [7, 11) is 0. The highest BCUT2D eigenvalue weighted by molar-refractivity contribution is 5.83. The van der Waals surface area contributed by atoms with Crippen molar-refractivity contribution in [1.82, 2.24) is 10.6 Å². The first-order chi connectivity index (χ1) is 9.18. The molecule has 0 aromatic heterocycles. The maximum absolute atomic E-state index is 12.3. The molecular formula is C15H22N2O2. The van der Waals surface area contributed by atoms with Gasteiger partial charge in [0, 0.05) is 13.1 Å². The van der Waals surface area contributed by atoms with Crippen molar-refractivity contribution in [2.45, 2.75) is 25.9 Å². The van der Waals surface area contributed by atoms with E-state index in [1.54, 1.807) is 0 Å². The van der Waals surface area contributed by atoms with Crippen LogP contribution < -0.4 is 10.6 Å². The van der Waals surface area contributed by atoms with Gasteiger partial charge in [0.2, 0.25) is 5.91 Å². The summed E-state index contributed by atoms with van der Waals surface area (Å²) in [5, 5.41) is 16.2. The summed E-state index contributed by atoms with van der Waals surface area (Å²) in [6.07, 6.45) is 1.05. The lowest BCUT2D eigenvalue weighted by molar-refractivity contribution is -0.130. The molecule has 104 valence electrons. The third-order valence-electron chi connectivity index (χ3n) is 4.04. The Kier molecular flexibility index (Phi) is 4.56. The van der Waals surface area contributed by atoms with E-state index in [4.69, 9.17) is 0 Å².